The van der Waals surface area contributed by atoms with Gasteiger partial charge in [-0.3, -0.25) is 9.20 Å². The smallest absolute Gasteiger partial charge is 0.263 e. The molecule has 0 spiro atoms. The molecule has 1 saturated heterocycles. The van der Waals surface area contributed by atoms with E-state index in [-0.39, 0.29) is 18.0 Å². The van der Waals surface area contributed by atoms with Gasteiger partial charge in [0.2, 0.25) is 5.91 Å². The Morgan fingerprint density at radius 3 is 2.70 bits per heavy atom. The average Bonchev–Trinajstić information content (AvgIpc) is 3.43. The van der Waals surface area contributed by atoms with Crippen molar-refractivity contribution in [2.24, 2.45) is 0 Å². The second kappa shape index (κ2) is 6.88. The lowest BCUT2D eigenvalue weighted by Gasteiger charge is -2.22. The van der Waals surface area contributed by atoms with Crippen molar-refractivity contribution in [2.45, 2.75) is 31.9 Å². The van der Waals surface area contributed by atoms with Crippen LogP contribution in [0.1, 0.15) is 37.2 Å². The Hall–Kier alpha value is -3.33. The van der Waals surface area contributed by atoms with Crippen molar-refractivity contribution >= 4 is 22.6 Å². The van der Waals surface area contributed by atoms with Crippen LogP contribution in [0.25, 0.3) is 27.9 Å². The number of alkyl halides is 2. The molecule has 4 heterocycles. The Bertz CT molecular complexity index is 1250. The summed E-state index contributed by atoms with van der Waals surface area (Å²) in [5, 5.41) is 10.2. The Kier molecular flexibility index (Phi) is 4.28. The third-order valence-corrected chi connectivity index (χ3v) is 5.62. The number of carbonyl (C=O) groups excluding carboxylic acids is 1. The molecule has 4 aromatic rings. The monoisotopic (exact) mass is 411 g/mol. The Morgan fingerprint density at radius 1 is 1.23 bits per heavy atom. The third-order valence-electron chi connectivity index (χ3n) is 5.62. The van der Waals surface area contributed by atoms with Crippen LogP contribution in [0, 0.1) is 0 Å². The molecule has 7 nitrogen and oxygen atoms in total. The fraction of sp³-hybridized carbons (Fsp3) is 0.286. The standard InChI is InChI=1S/C21H19F2N5O2/c1-11(29)27-10-14(30)8-16(27)21-26-18(12-2-4-13(5-3-12)19(22)23)17-9-25-20-15(28(17)21)6-7-24-20/h2-7,9,14,16,19,24,30H,8,10H2,1H3. The minimum absolute atomic E-state index is 0.0599. The van der Waals surface area contributed by atoms with Crippen molar-refractivity contribution < 1.29 is 18.7 Å². The molecule has 9 heteroatoms. The van der Waals surface area contributed by atoms with Crippen LogP contribution in [0.5, 0.6) is 0 Å². The summed E-state index contributed by atoms with van der Waals surface area (Å²) in [5.41, 5.74) is 3.35. The second-order valence-corrected chi connectivity index (χ2v) is 7.51. The number of halogens is 2. The number of carbonyl (C=O) groups is 1. The number of aliphatic hydroxyl groups excluding tert-OH is 1. The molecule has 1 fully saturated rings. The summed E-state index contributed by atoms with van der Waals surface area (Å²) in [7, 11) is 0. The van der Waals surface area contributed by atoms with Crippen LogP contribution < -0.4 is 0 Å². The zero-order valence-electron chi connectivity index (χ0n) is 16.1. The van der Waals surface area contributed by atoms with Crippen LogP contribution in [0.2, 0.25) is 0 Å². The molecular formula is C21H19F2N5O2. The topological polar surface area (TPSA) is 86.5 Å². The van der Waals surface area contributed by atoms with Gasteiger partial charge in [-0.2, -0.15) is 0 Å². The molecule has 2 atom stereocenters. The predicted molar refractivity (Wildman–Crippen MR) is 106 cm³/mol. The number of aromatic nitrogens is 4. The number of likely N-dealkylation sites (tertiary alicyclic amines) is 1. The zero-order chi connectivity index (χ0) is 21.0. The number of fused-ring (bicyclic) bond motifs is 3. The maximum Gasteiger partial charge on any atom is 0.263 e. The molecule has 1 aliphatic rings. The van der Waals surface area contributed by atoms with Crippen LogP contribution >= 0.6 is 0 Å². The summed E-state index contributed by atoms with van der Waals surface area (Å²) in [4.78, 5) is 26.1. The summed E-state index contributed by atoms with van der Waals surface area (Å²) in [6.07, 6.45) is 0.637. The number of nitrogens with zero attached hydrogens (tertiary/aromatic N) is 4. The fourth-order valence-corrected chi connectivity index (χ4v) is 4.21. The molecule has 0 bridgehead atoms. The quantitative estimate of drug-likeness (QED) is 0.541. The van der Waals surface area contributed by atoms with E-state index in [4.69, 9.17) is 4.98 Å². The number of hydrogen-bond acceptors (Lipinski definition) is 4. The van der Waals surface area contributed by atoms with Crippen molar-refractivity contribution in [1.29, 1.82) is 0 Å². The predicted octanol–water partition coefficient (Wildman–Crippen LogP) is 3.47. The van der Waals surface area contributed by atoms with Gasteiger partial charge in [0.15, 0.2) is 5.65 Å². The summed E-state index contributed by atoms with van der Waals surface area (Å²) in [5.74, 6) is 0.465. The van der Waals surface area contributed by atoms with Crippen molar-refractivity contribution in [3.63, 3.8) is 0 Å². The molecule has 154 valence electrons. The highest BCUT2D eigenvalue weighted by atomic mass is 19.3. The number of nitrogens with one attached hydrogen (secondary N) is 1. The fourth-order valence-electron chi connectivity index (χ4n) is 4.21. The number of aliphatic hydroxyl groups is 1. The van der Waals surface area contributed by atoms with E-state index in [1.807, 2.05) is 10.5 Å². The first-order valence-corrected chi connectivity index (χ1v) is 9.62. The van der Waals surface area contributed by atoms with Crippen LogP contribution in [-0.2, 0) is 4.79 Å². The molecular weight excluding hydrogens is 392 g/mol. The van der Waals surface area contributed by atoms with Crippen LogP contribution in [0.4, 0.5) is 8.78 Å². The van der Waals surface area contributed by atoms with E-state index in [0.717, 1.165) is 5.52 Å². The molecule has 1 aromatic carbocycles. The first-order chi connectivity index (χ1) is 14.4. The minimum Gasteiger partial charge on any atom is -0.391 e. The molecule has 3 aromatic heterocycles. The van der Waals surface area contributed by atoms with Crippen LogP contribution in [0.15, 0.2) is 42.7 Å². The number of H-pyrrole nitrogens is 1. The molecule has 0 saturated carbocycles. The zero-order valence-corrected chi connectivity index (χ0v) is 16.1. The molecule has 5 rings (SSSR count). The van der Waals surface area contributed by atoms with E-state index in [9.17, 15) is 18.7 Å². The first-order valence-electron chi connectivity index (χ1n) is 9.62. The van der Waals surface area contributed by atoms with Crippen molar-refractivity contribution in [1.82, 2.24) is 24.3 Å². The van der Waals surface area contributed by atoms with Gasteiger partial charge in [0.05, 0.1) is 35.1 Å². The molecule has 1 aliphatic heterocycles. The highest BCUT2D eigenvalue weighted by molar-refractivity contribution is 5.84. The van der Waals surface area contributed by atoms with E-state index in [0.29, 0.717) is 34.7 Å². The normalized spacial score (nSPS) is 19.4. The van der Waals surface area contributed by atoms with E-state index >= 15 is 0 Å². The number of imidazole rings is 1. The Morgan fingerprint density at radius 2 is 2.00 bits per heavy atom. The SMILES string of the molecule is CC(=O)N1CC(O)CC1c1nc(-c2ccc(C(F)F)cc2)c2cnc3[nH]ccc3n12. The molecule has 1 amide bonds. The molecule has 30 heavy (non-hydrogen) atoms. The summed E-state index contributed by atoms with van der Waals surface area (Å²) < 4.78 is 27.8. The molecule has 0 radical (unpaired) electrons. The highest BCUT2D eigenvalue weighted by Crippen LogP contribution is 2.37. The van der Waals surface area contributed by atoms with Crippen molar-refractivity contribution in [3.05, 3.63) is 54.1 Å². The van der Waals surface area contributed by atoms with Gasteiger partial charge < -0.3 is 15.0 Å². The number of β-amino-alcohol motifs (C(OH)–C–C–N with tert-alkyl or cyclic N) is 1. The maximum absolute atomic E-state index is 13.0. The Labute approximate surface area is 170 Å². The van der Waals surface area contributed by atoms with E-state index in [1.165, 1.54) is 19.1 Å². The number of benzene rings is 1. The lowest BCUT2D eigenvalue weighted by molar-refractivity contribution is -0.130. The van der Waals surface area contributed by atoms with Gasteiger partial charge in [-0.05, 0) is 6.07 Å². The van der Waals surface area contributed by atoms with Gasteiger partial charge in [-0.25, -0.2) is 18.7 Å². The van der Waals surface area contributed by atoms with Gasteiger partial charge >= 0.3 is 0 Å². The van der Waals surface area contributed by atoms with E-state index in [1.54, 1.807) is 29.4 Å². The molecule has 0 aliphatic carbocycles. The lowest BCUT2D eigenvalue weighted by atomic mass is 10.1. The van der Waals surface area contributed by atoms with E-state index in [2.05, 4.69) is 9.97 Å². The summed E-state index contributed by atoms with van der Waals surface area (Å²) in [6.45, 7) is 1.72. The summed E-state index contributed by atoms with van der Waals surface area (Å²) in [6, 6.07) is 7.46. The van der Waals surface area contributed by atoms with Gasteiger partial charge in [-0.1, -0.05) is 24.3 Å². The lowest BCUT2D eigenvalue weighted by Crippen LogP contribution is -2.30. The average molecular weight is 411 g/mol. The molecule has 2 N–H and O–H groups in total. The van der Waals surface area contributed by atoms with Gasteiger partial charge in [0.1, 0.15) is 5.82 Å². The van der Waals surface area contributed by atoms with E-state index < -0.39 is 18.6 Å². The maximum atomic E-state index is 13.0. The van der Waals surface area contributed by atoms with Gasteiger partial charge in [0.25, 0.3) is 6.43 Å². The van der Waals surface area contributed by atoms with Gasteiger partial charge in [0, 0.05) is 37.2 Å². The third kappa shape index (κ3) is 2.85. The number of aromatic amines is 1. The van der Waals surface area contributed by atoms with Crippen LogP contribution in [-0.4, -0.2) is 47.9 Å². The number of amides is 1. The van der Waals surface area contributed by atoms with Crippen LogP contribution in [0.3, 0.4) is 0 Å². The Balaban J connectivity index is 1.74. The van der Waals surface area contributed by atoms with Crippen molar-refractivity contribution in [2.75, 3.05) is 6.54 Å². The number of hydrogen-bond donors (Lipinski definition) is 2. The highest BCUT2D eigenvalue weighted by Gasteiger charge is 2.37. The minimum atomic E-state index is -2.54. The molecule has 2 unspecified atom stereocenters. The largest absolute Gasteiger partial charge is 0.391 e. The van der Waals surface area contributed by atoms with Gasteiger partial charge in [-0.15, -0.1) is 0 Å². The summed E-state index contributed by atoms with van der Waals surface area (Å²) >= 11 is 0. The first kappa shape index (κ1) is 18.7. The van der Waals surface area contributed by atoms with Crippen molar-refractivity contribution in [3.8, 4) is 11.3 Å². The second-order valence-electron chi connectivity index (χ2n) is 7.51. The number of rotatable bonds is 3.